The van der Waals surface area contributed by atoms with Crippen molar-refractivity contribution in [2.24, 2.45) is 31.6 Å². The number of guanidine groups is 2. The van der Waals surface area contributed by atoms with E-state index in [-0.39, 0.29) is 73.3 Å². The van der Waals surface area contributed by atoms with E-state index in [1.54, 1.807) is 0 Å². The summed E-state index contributed by atoms with van der Waals surface area (Å²) in [6.07, 6.45) is 41.8. The molecule has 2 saturated carbocycles. The third-order valence-electron chi connectivity index (χ3n) is 28.3. The van der Waals surface area contributed by atoms with Crippen molar-refractivity contribution in [3.05, 3.63) is 0 Å². The molecule has 6 heterocycles. The number of hydrogen-bond donors (Lipinski definition) is 4. The highest BCUT2D eigenvalue weighted by Gasteiger charge is 2.49. The maximum atomic E-state index is 6.30. The molecule has 21 nitrogen and oxygen atoms in total. The standard InChI is InChI=1S/C104H199N21/c1-30-39-56-117(57-40-31-2)86-105-87(118(58-41-32-3)59-42-33-4)108-90(107-86)124(84-75-101(22,23)115-102(24,25)76-84)67-54-50-48-52-65-122(81-69-95(10,11)79-96(12,13)70-81)93-111-92(121(64-47-38-9)83-73-99(18,19)114-100(20,21)74-83)112-94(113-93)123(82-71-97(14,15)80-98(16,17)72-82)66-53-49-51-55-68-125(85-77-103(26,27)116-104(28,29)78-85)91-109-88(119(60-43-34-5)61-44-35-6)106-89(110-91)120(62-45-36-7)63-46-37-8/h81-85,93,114-116H,30-80H2,1-29H3,(H,111,112,113). The zero-order valence-corrected chi connectivity index (χ0v) is 87.1. The van der Waals surface area contributed by atoms with Gasteiger partial charge in [0.05, 0.1) is 0 Å². The van der Waals surface area contributed by atoms with Crippen LogP contribution in [0.25, 0.3) is 0 Å². The van der Waals surface area contributed by atoms with Crippen LogP contribution < -0.4 is 50.7 Å². The summed E-state index contributed by atoms with van der Waals surface area (Å²) in [5.74, 6) is 7.33. The molecule has 6 aliphatic rings. The Kier molecular flexibility index (Phi) is 40.3. The molecule has 1 atom stereocenters. The van der Waals surface area contributed by atoms with Gasteiger partial charge in [0.25, 0.3) is 0 Å². The number of unbranched alkanes of at least 4 members (excludes halogenated alkanes) is 15. The molecule has 0 aromatic carbocycles. The fourth-order valence-corrected chi connectivity index (χ4v) is 24.4. The van der Waals surface area contributed by atoms with Gasteiger partial charge in [0.1, 0.15) is 0 Å². The second-order valence-corrected chi connectivity index (χ2v) is 47.8. The average molecular weight is 1740 g/mol. The Balaban J connectivity index is 1.19. The largest absolute Gasteiger partial charge is 0.341 e. The van der Waals surface area contributed by atoms with Crippen molar-refractivity contribution in [1.82, 2.24) is 65.9 Å². The fourth-order valence-electron chi connectivity index (χ4n) is 24.4. The van der Waals surface area contributed by atoms with Crippen LogP contribution in [0.3, 0.4) is 0 Å². The molecular formula is C104H199N21. The Labute approximate surface area is 769 Å². The average Bonchev–Trinajstić information content (AvgIpc) is 0.777. The van der Waals surface area contributed by atoms with Crippen molar-refractivity contribution in [1.29, 1.82) is 0 Å². The van der Waals surface area contributed by atoms with Gasteiger partial charge in [-0.1, -0.05) is 201 Å². The molecule has 125 heavy (non-hydrogen) atoms. The van der Waals surface area contributed by atoms with Gasteiger partial charge in [-0.25, -0.2) is 9.98 Å². The minimum absolute atomic E-state index is 0.0517. The minimum Gasteiger partial charge on any atom is -0.341 e. The second-order valence-electron chi connectivity index (χ2n) is 47.8. The van der Waals surface area contributed by atoms with E-state index in [2.05, 4.69) is 266 Å². The van der Waals surface area contributed by atoms with E-state index in [0.29, 0.717) is 18.1 Å². The number of piperidine rings is 3. The van der Waals surface area contributed by atoms with Gasteiger partial charge in [-0.15, -0.1) is 0 Å². The topological polar surface area (TPSA) is 179 Å². The van der Waals surface area contributed by atoms with Gasteiger partial charge >= 0.3 is 0 Å². The minimum atomic E-state index is -0.379. The van der Waals surface area contributed by atoms with E-state index in [0.717, 1.165) is 364 Å². The van der Waals surface area contributed by atoms with E-state index in [9.17, 15) is 0 Å². The monoisotopic (exact) mass is 1740 g/mol. The lowest BCUT2D eigenvalue weighted by Gasteiger charge is -2.52. The van der Waals surface area contributed by atoms with Crippen LogP contribution in [0.15, 0.2) is 9.98 Å². The van der Waals surface area contributed by atoms with Gasteiger partial charge < -0.3 is 55.1 Å². The number of aromatic nitrogens is 6. The molecule has 0 spiro atoms. The summed E-state index contributed by atoms with van der Waals surface area (Å²) in [5.41, 5.74) is 0.309. The molecule has 720 valence electrons. The Morgan fingerprint density at radius 2 is 0.440 bits per heavy atom. The Hall–Kier alpha value is -4.60. The molecule has 2 aliphatic carbocycles. The summed E-state index contributed by atoms with van der Waals surface area (Å²) in [6.45, 7) is 82.7. The number of anilines is 6. The predicted octanol–water partition coefficient (Wildman–Crippen LogP) is 23.6. The molecule has 3 saturated heterocycles. The van der Waals surface area contributed by atoms with Crippen LogP contribution in [0.1, 0.15) is 445 Å². The highest BCUT2D eigenvalue weighted by atomic mass is 15.5. The van der Waals surface area contributed by atoms with Gasteiger partial charge in [-0.2, -0.15) is 29.9 Å². The van der Waals surface area contributed by atoms with Crippen LogP contribution >= 0.6 is 0 Å². The van der Waals surface area contributed by atoms with E-state index in [1.165, 1.54) is 12.8 Å². The first-order valence-electron chi connectivity index (χ1n) is 52.5. The highest BCUT2D eigenvalue weighted by molar-refractivity contribution is 6.00. The first-order chi connectivity index (χ1) is 58.8. The summed E-state index contributed by atoms with van der Waals surface area (Å²) >= 11 is 0. The molecule has 21 heteroatoms. The number of nitrogens with one attached hydrogen (secondary N) is 4. The number of aliphatic imine (C=N–C) groups is 2. The molecule has 4 N–H and O–H groups in total. The van der Waals surface area contributed by atoms with Crippen LogP contribution in [-0.4, -0.2) is 211 Å². The summed E-state index contributed by atoms with van der Waals surface area (Å²) in [5, 5.41) is 16.6. The molecular weight excluding hydrogens is 1540 g/mol. The molecule has 2 aromatic heterocycles. The van der Waals surface area contributed by atoms with Crippen LogP contribution in [0, 0.1) is 21.7 Å². The summed E-state index contributed by atoms with van der Waals surface area (Å²) < 4.78 is 0. The number of hydrogen-bond acceptors (Lipinski definition) is 21. The number of rotatable bonds is 53. The van der Waals surface area contributed by atoms with Gasteiger partial charge in [0.15, 0.2) is 0 Å². The van der Waals surface area contributed by atoms with E-state index in [4.69, 9.17) is 39.9 Å². The third kappa shape index (κ3) is 33.6. The maximum Gasteiger partial charge on any atom is 0.232 e. The zero-order chi connectivity index (χ0) is 91.8. The molecule has 4 aliphatic heterocycles. The Morgan fingerprint density at radius 3 is 0.704 bits per heavy atom. The molecule has 0 radical (unpaired) electrons. The first-order valence-corrected chi connectivity index (χ1v) is 52.5. The highest BCUT2D eigenvalue weighted by Crippen LogP contribution is 2.50. The normalized spacial score (nSPS) is 21.6. The quantitative estimate of drug-likeness (QED) is 0.0459. The molecule has 8 rings (SSSR count). The van der Waals surface area contributed by atoms with Gasteiger partial charge in [-0.3, -0.25) is 10.2 Å². The number of nitrogens with zero attached hydrogens (tertiary/aromatic N) is 17. The summed E-state index contributed by atoms with van der Waals surface area (Å²) in [4.78, 5) is 70.2. The van der Waals surface area contributed by atoms with Crippen molar-refractivity contribution in [3.8, 4) is 0 Å². The Bertz CT molecular complexity index is 3330. The second kappa shape index (κ2) is 47.7. The SMILES string of the molecule is CCCCN(CCCC)c1nc(N(CCCC)CCCC)nc(N(CCCCCCN(C2=NC(N(CCCCCCN(c3nc(N(CCCC)CCCC)nc(N(CCCC)CCCC)n3)C3CC(C)(C)NC(C)(C)C3)C3CC(C)(C)CC(C)(C)C3)N=C(N(CCCC)C3CC(C)(C)NC(C)(C)C3)N2)C2CC(C)(C)CC(C)(C)C2)C2CC(C)(C)NC(C)(C)C2)n1. The third-order valence-corrected chi connectivity index (χ3v) is 28.3. The van der Waals surface area contributed by atoms with E-state index >= 15 is 0 Å². The molecule has 0 bridgehead atoms. The maximum absolute atomic E-state index is 6.30. The van der Waals surface area contributed by atoms with Crippen LogP contribution in [0.4, 0.5) is 35.7 Å². The van der Waals surface area contributed by atoms with E-state index in [1.807, 2.05) is 0 Å². The first kappa shape index (κ1) is 106. The van der Waals surface area contributed by atoms with Crippen molar-refractivity contribution >= 4 is 47.6 Å². The van der Waals surface area contributed by atoms with Gasteiger partial charge in [0, 0.05) is 149 Å². The molecule has 0 amide bonds. The van der Waals surface area contributed by atoms with Crippen LogP contribution in [-0.2, 0) is 0 Å². The van der Waals surface area contributed by atoms with Crippen molar-refractivity contribution < 1.29 is 0 Å². The van der Waals surface area contributed by atoms with Crippen molar-refractivity contribution in [2.75, 3.05) is 114 Å². The van der Waals surface area contributed by atoms with Gasteiger partial charge in [-0.05, 0) is 265 Å². The zero-order valence-electron chi connectivity index (χ0n) is 87.1. The lowest BCUT2D eigenvalue weighted by molar-refractivity contribution is 0.00479. The molecule has 5 fully saturated rings. The van der Waals surface area contributed by atoms with Crippen molar-refractivity contribution in [3.63, 3.8) is 0 Å². The fraction of sp³-hybridized carbons (Fsp3) is 0.923. The van der Waals surface area contributed by atoms with E-state index < -0.39 is 0 Å². The lowest BCUT2D eigenvalue weighted by atomic mass is 9.63. The Morgan fingerprint density at radius 1 is 0.232 bits per heavy atom. The summed E-state index contributed by atoms with van der Waals surface area (Å²) in [7, 11) is 0. The van der Waals surface area contributed by atoms with Gasteiger partial charge in [0.2, 0.25) is 53.9 Å². The van der Waals surface area contributed by atoms with Crippen LogP contribution in [0.5, 0.6) is 0 Å². The van der Waals surface area contributed by atoms with Crippen LogP contribution in [0.2, 0.25) is 0 Å². The van der Waals surface area contributed by atoms with Crippen molar-refractivity contribution in [2.45, 2.75) is 515 Å². The lowest BCUT2D eigenvalue weighted by Crippen LogP contribution is -2.65. The smallest absolute Gasteiger partial charge is 0.232 e. The molecule has 2 aromatic rings. The molecule has 1 unspecified atom stereocenters. The summed E-state index contributed by atoms with van der Waals surface area (Å²) in [6, 6.07) is 1.44. The predicted molar refractivity (Wildman–Crippen MR) is 540 cm³/mol.